The summed E-state index contributed by atoms with van der Waals surface area (Å²) in [4.78, 5) is 12.7. The van der Waals surface area contributed by atoms with Gasteiger partial charge in [0.25, 0.3) is 5.91 Å². The Labute approximate surface area is 162 Å². The molecule has 0 saturated carbocycles. The van der Waals surface area contributed by atoms with Crippen LogP contribution in [0.15, 0.2) is 72.6 Å². The van der Waals surface area contributed by atoms with E-state index in [1.165, 1.54) is 0 Å². The maximum Gasteiger partial charge on any atom is 0.250 e. The molecule has 4 rings (SSSR count). The molecule has 1 aliphatic heterocycles. The highest BCUT2D eigenvalue weighted by Crippen LogP contribution is 2.26. The van der Waals surface area contributed by atoms with E-state index in [9.17, 15) is 4.79 Å². The number of para-hydroxylation sites is 1. The van der Waals surface area contributed by atoms with Gasteiger partial charge in [-0.25, -0.2) is 0 Å². The molecule has 1 atom stereocenters. The third-order valence-corrected chi connectivity index (χ3v) is 4.73. The summed E-state index contributed by atoms with van der Waals surface area (Å²) < 4.78 is 7.50. The highest BCUT2D eigenvalue weighted by atomic mass is 35.5. The van der Waals surface area contributed by atoms with E-state index in [0.717, 1.165) is 16.9 Å². The lowest BCUT2D eigenvalue weighted by molar-refractivity contribution is -0.117. The smallest absolute Gasteiger partial charge is 0.250 e. The van der Waals surface area contributed by atoms with Crippen molar-refractivity contribution in [2.45, 2.75) is 6.04 Å². The van der Waals surface area contributed by atoms with Crippen LogP contribution in [0.5, 0.6) is 5.75 Å². The molecule has 3 aromatic rings. The molecule has 1 aliphatic rings. The molecule has 0 fully saturated rings. The van der Waals surface area contributed by atoms with Gasteiger partial charge in [0.2, 0.25) is 0 Å². The molecule has 0 aliphatic carbocycles. The summed E-state index contributed by atoms with van der Waals surface area (Å²) in [6.07, 6.45) is 5.48. The lowest BCUT2D eigenvalue weighted by Crippen LogP contribution is -2.34. The van der Waals surface area contributed by atoms with Gasteiger partial charge in [-0.05, 0) is 35.9 Å². The number of rotatable bonds is 5. The van der Waals surface area contributed by atoms with Crippen LogP contribution in [0, 0.1) is 0 Å². The fourth-order valence-corrected chi connectivity index (χ4v) is 3.19. The molecule has 1 aromatic heterocycles. The van der Waals surface area contributed by atoms with Crippen molar-refractivity contribution in [3.05, 3.63) is 88.7 Å². The van der Waals surface area contributed by atoms with Crippen molar-refractivity contribution >= 4 is 23.6 Å². The number of hydrogen-bond donors (Lipinski definition) is 1. The molecule has 0 radical (unpaired) electrons. The Kier molecular flexibility index (Phi) is 4.94. The zero-order chi connectivity index (χ0) is 18.6. The van der Waals surface area contributed by atoms with Crippen LogP contribution in [0.3, 0.4) is 0 Å². The maximum atomic E-state index is 12.7. The highest BCUT2D eigenvalue weighted by Gasteiger charge is 2.20. The summed E-state index contributed by atoms with van der Waals surface area (Å²) in [6, 6.07) is 17.0. The summed E-state index contributed by atoms with van der Waals surface area (Å²) in [5.74, 6) is 0.653. The Morgan fingerprint density at radius 1 is 1.19 bits per heavy atom. The molecular formula is C21H18ClN3O2. The Morgan fingerprint density at radius 3 is 2.78 bits per heavy atom. The van der Waals surface area contributed by atoms with Crippen LogP contribution in [-0.2, 0) is 4.79 Å². The predicted molar refractivity (Wildman–Crippen MR) is 105 cm³/mol. The molecule has 0 saturated heterocycles. The SMILES string of the molecule is O=C(NC[C@H](c1ccc(Cl)cc1)n1cccn1)C1=Cc2ccccc2OC1. The standard InChI is InChI=1S/C21H18ClN3O2/c22-18-8-6-15(7-9-18)19(25-11-3-10-24-25)13-23-21(26)17-12-16-4-1-2-5-20(16)27-14-17/h1-12,19H,13-14H2,(H,23,26)/t19-/m1/s1. The van der Waals surface area contributed by atoms with E-state index in [1.807, 2.05) is 71.6 Å². The molecule has 6 heteroatoms. The van der Waals surface area contributed by atoms with Gasteiger partial charge in [-0.2, -0.15) is 5.10 Å². The number of amides is 1. The average molecular weight is 380 g/mol. The van der Waals surface area contributed by atoms with Crippen LogP contribution in [-0.4, -0.2) is 28.8 Å². The number of fused-ring (bicyclic) bond motifs is 1. The van der Waals surface area contributed by atoms with Crippen molar-refractivity contribution in [1.29, 1.82) is 0 Å². The Balaban J connectivity index is 1.50. The second kappa shape index (κ2) is 7.68. The molecule has 0 bridgehead atoms. The van der Waals surface area contributed by atoms with Crippen LogP contribution in [0.25, 0.3) is 6.08 Å². The van der Waals surface area contributed by atoms with Crippen LogP contribution < -0.4 is 10.1 Å². The van der Waals surface area contributed by atoms with Crippen molar-refractivity contribution in [1.82, 2.24) is 15.1 Å². The number of nitrogens with zero attached hydrogens (tertiary/aromatic N) is 2. The number of nitrogens with one attached hydrogen (secondary N) is 1. The minimum Gasteiger partial charge on any atom is -0.488 e. The third kappa shape index (κ3) is 3.88. The minimum absolute atomic E-state index is 0.126. The summed E-state index contributed by atoms with van der Waals surface area (Å²) in [7, 11) is 0. The van der Waals surface area contributed by atoms with Gasteiger partial charge in [0, 0.05) is 29.5 Å². The van der Waals surface area contributed by atoms with Crippen LogP contribution in [0.1, 0.15) is 17.2 Å². The van der Waals surface area contributed by atoms with Gasteiger partial charge < -0.3 is 10.1 Å². The highest BCUT2D eigenvalue weighted by molar-refractivity contribution is 6.30. The van der Waals surface area contributed by atoms with Crippen molar-refractivity contribution in [2.75, 3.05) is 13.2 Å². The van der Waals surface area contributed by atoms with E-state index < -0.39 is 0 Å². The van der Waals surface area contributed by atoms with Crippen molar-refractivity contribution < 1.29 is 9.53 Å². The largest absolute Gasteiger partial charge is 0.488 e. The van der Waals surface area contributed by atoms with Gasteiger partial charge in [-0.3, -0.25) is 9.48 Å². The number of carbonyl (C=O) groups is 1. The number of ether oxygens (including phenoxy) is 1. The number of carbonyl (C=O) groups excluding carboxylic acids is 1. The number of halogens is 1. The molecule has 2 heterocycles. The number of benzene rings is 2. The monoisotopic (exact) mass is 379 g/mol. The zero-order valence-corrected chi connectivity index (χ0v) is 15.3. The molecule has 0 unspecified atom stereocenters. The molecule has 27 heavy (non-hydrogen) atoms. The summed E-state index contributed by atoms with van der Waals surface area (Å²) in [6.45, 7) is 0.664. The Hall–Kier alpha value is -3.05. The first kappa shape index (κ1) is 17.4. The van der Waals surface area contributed by atoms with E-state index >= 15 is 0 Å². The van der Waals surface area contributed by atoms with Crippen LogP contribution in [0.2, 0.25) is 5.02 Å². The molecule has 136 valence electrons. The van der Waals surface area contributed by atoms with E-state index in [1.54, 1.807) is 6.20 Å². The number of aromatic nitrogens is 2. The van der Waals surface area contributed by atoms with Gasteiger partial charge in [0.05, 0.1) is 11.6 Å². The normalized spacial score (nSPS) is 13.9. The van der Waals surface area contributed by atoms with Crippen LogP contribution >= 0.6 is 11.6 Å². The summed E-state index contributed by atoms with van der Waals surface area (Å²) >= 11 is 6.00. The molecule has 1 N–H and O–H groups in total. The fraction of sp³-hybridized carbons (Fsp3) is 0.143. The maximum absolute atomic E-state index is 12.7. The molecule has 5 nitrogen and oxygen atoms in total. The molecule has 2 aromatic carbocycles. The topological polar surface area (TPSA) is 56.2 Å². The van der Waals surface area contributed by atoms with Gasteiger partial charge in [-0.15, -0.1) is 0 Å². The van der Waals surface area contributed by atoms with Crippen LogP contribution in [0.4, 0.5) is 0 Å². The van der Waals surface area contributed by atoms with E-state index in [0.29, 0.717) is 17.1 Å². The van der Waals surface area contributed by atoms with Gasteiger partial charge in [-0.1, -0.05) is 41.9 Å². The minimum atomic E-state index is -0.143. The van der Waals surface area contributed by atoms with Crippen molar-refractivity contribution in [3.63, 3.8) is 0 Å². The van der Waals surface area contributed by atoms with E-state index in [2.05, 4.69) is 10.4 Å². The fourth-order valence-electron chi connectivity index (χ4n) is 3.06. The second-order valence-electron chi connectivity index (χ2n) is 6.26. The van der Waals surface area contributed by atoms with Crippen molar-refractivity contribution in [2.24, 2.45) is 0 Å². The molecular weight excluding hydrogens is 362 g/mol. The lowest BCUT2D eigenvalue weighted by atomic mass is 10.1. The van der Waals surface area contributed by atoms with Gasteiger partial charge in [0.15, 0.2) is 0 Å². The zero-order valence-electron chi connectivity index (χ0n) is 14.5. The van der Waals surface area contributed by atoms with E-state index in [-0.39, 0.29) is 18.6 Å². The summed E-state index contributed by atoms with van der Waals surface area (Å²) in [5, 5.41) is 8.00. The first-order valence-corrected chi connectivity index (χ1v) is 9.04. The third-order valence-electron chi connectivity index (χ3n) is 4.48. The van der Waals surface area contributed by atoms with Crippen molar-refractivity contribution in [3.8, 4) is 5.75 Å². The van der Waals surface area contributed by atoms with E-state index in [4.69, 9.17) is 16.3 Å². The number of hydrogen-bond acceptors (Lipinski definition) is 3. The predicted octanol–water partition coefficient (Wildman–Crippen LogP) is 3.72. The Bertz CT molecular complexity index is 965. The molecule has 1 amide bonds. The Morgan fingerprint density at radius 2 is 2.00 bits per heavy atom. The van der Waals surface area contributed by atoms with Gasteiger partial charge in [0.1, 0.15) is 12.4 Å². The van der Waals surface area contributed by atoms with Gasteiger partial charge >= 0.3 is 0 Å². The lowest BCUT2D eigenvalue weighted by Gasteiger charge is -2.21. The first-order chi connectivity index (χ1) is 13.2. The average Bonchev–Trinajstić information content (AvgIpc) is 3.23. The molecule has 0 spiro atoms. The quantitative estimate of drug-likeness (QED) is 0.735. The second-order valence-corrected chi connectivity index (χ2v) is 6.70. The first-order valence-electron chi connectivity index (χ1n) is 8.66. The summed E-state index contributed by atoms with van der Waals surface area (Å²) in [5.41, 5.74) is 2.53.